The second-order valence-electron chi connectivity index (χ2n) is 6.75. The third-order valence-electron chi connectivity index (χ3n) is 4.86. The van der Waals surface area contributed by atoms with E-state index in [1.54, 1.807) is 25.6 Å². The van der Waals surface area contributed by atoms with E-state index in [0.717, 1.165) is 60.6 Å². The zero-order chi connectivity index (χ0) is 19.9. The fourth-order valence-corrected chi connectivity index (χ4v) is 4.04. The topological polar surface area (TPSA) is 71.0 Å². The van der Waals surface area contributed by atoms with E-state index in [-0.39, 0.29) is 0 Å². The quantitative estimate of drug-likeness (QED) is 0.571. The Bertz CT molecular complexity index is 777. The molecule has 1 aromatic carbocycles. The number of ether oxygens (including phenoxy) is 2. The average Bonchev–Trinajstić information content (AvgIpc) is 3.16. The number of aromatic nitrogens is 1. The van der Waals surface area contributed by atoms with Crippen LogP contribution in [0.1, 0.15) is 22.7 Å². The lowest BCUT2D eigenvalue weighted by molar-refractivity contribution is 0.393. The molecule has 2 aromatic rings. The third-order valence-corrected chi connectivity index (χ3v) is 5.77. The molecule has 8 heteroatoms. The molecule has 1 aliphatic heterocycles. The Morgan fingerprint density at radius 1 is 1.21 bits per heavy atom. The van der Waals surface area contributed by atoms with Gasteiger partial charge in [0.15, 0.2) is 5.96 Å². The summed E-state index contributed by atoms with van der Waals surface area (Å²) in [5.74, 6) is 2.47. The molecule has 3 rings (SSSR count). The molecular weight excluding hydrogens is 374 g/mol. The van der Waals surface area contributed by atoms with Gasteiger partial charge in [0.2, 0.25) is 0 Å². The highest BCUT2D eigenvalue weighted by Crippen LogP contribution is 2.30. The van der Waals surface area contributed by atoms with Gasteiger partial charge >= 0.3 is 0 Å². The number of guanidine groups is 1. The first kappa shape index (κ1) is 20.3. The van der Waals surface area contributed by atoms with Crippen LogP contribution in [-0.4, -0.2) is 51.3 Å². The SMILES string of the molecule is CN=C(NCc1cnc(C)s1)NC1CCN(c2cc(OC)cc(OC)c2)CC1. The van der Waals surface area contributed by atoms with Crippen molar-refractivity contribution in [2.75, 3.05) is 39.3 Å². The van der Waals surface area contributed by atoms with Gasteiger partial charge in [-0.15, -0.1) is 11.3 Å². The number of piperidine rings is 1. The molecule has 0 atom stereocenters. The van der Waals surface area contributed by atoms with Crippen molar-refractivity contribution < 1.29 is 9.47 Å². The summed E-state index contributed by atoms with van der Waals surface area (Å²) in [6.45, 7) is 4.71. The van der Waals surface area contributed by atoms with Crippen molar-refractivity contribution in [1.82, 2.24) is 15.6 Å². The number of anilines is 1. The minimum atomic E-state index is 0.401. The van der Waals surface area contributed by atoms with Gasteiger partial charge in [-0.3, -0.25) is 4.99 Å². The van der Waals surface area contributed by atoms with Gasteiger partial charge in [0.05, 0.1) is 25.8 Å². The molecule has 0 amide bonds. The van der Waals surface area contributed by atoms with Gasteiger partial charge in [-0.2, -0.15) is 0 Å². The molecule has 1 aromatic heterocycles. The summed E-state index contributed by atoms with van der Waals surface area (Å²) < 4.78 is 10.8. The standard InChI is InChI=1S/C20H29N5O2S/c1-14-22-12-19(28-14)13-23-20(21-2)24-15-5-7-25(8-6-15)16-9-17(26-3)11-18(10-16)27-4/h9-12,15H,5-8,13H2,1-4H3,(H2,21,23,24). The third kappa shape index (κ3) is 5.28. The summed E-state index contributed by atoms with van der Waals surface area (Å²) in [6, 6.07) is 6.43. The Morgan fingerprint density at radius 3 is 2.43 bits per heavy atom. The number of methoxy groups -OCH3 is 2. The highest BCUT2D eigenvalue weighted by Gasteiger charge is 2.21. The Kier molecular flexibility index (Phi) is 6.97. The maximum absolute atomic E-state index is 5.39. The summed E-state index contributed by atoms with van der Waals surface area (Å²) in [7, 11) is 5.17. The van der Waals surface area contributed by atoms with E-state index >= 15 is 0 Å². The molecule has 0 spiro atoms. The molecule has 28 heavy (non-hydrogen) atoms. The first-order valence-corrected chi connectivity index (χ1v) is 10.3. The van der Waals surface area contributed by atoms with Crippen molar-refractivity contribution in [3.8, 4) is 11.5 Å². The zero-order valence-corrected chi connectivity index (χ0v) is 17.8. The molecule has 0 saturated carbocycles. The van der Waals surface area contributed by atoms with Gasteiger partial charge in [-0.25, -0.2) is 4.98 Å². The number of aryl methyl sites for hydroxylation is 1. The normalized spacial score (nSPS) is 15.4. The molecular formula is C20H29N5O2S. The maximum atomic E-state index is 5.39. The van der Waals surface area contributed by atoms with E-state index in [9.17, 15) is 0 Å². The first-order valence-electron chi connectivity index (χ1n) is 9.47. The molecule has 0 unspecified atom stereocenters. The van der Waals surface area contributed by atoms with Crippen LogP contribution >= 0.6 is 11.3 Å². The minimum absolute atomic E-state index is 0.401. The zero-order valence-electron chi connectivity index (χ0n) is 17.0. The fraction of sp³-hybridized carbons (Fsp3) is 0.500. The Balaban J connectivity index is 1.52. The van der Waals surface area contributed by atoms with Crippen molar-refractivity contribution >= 4 is 23.0 Å². The van der Waals surface area contributed by atoms with Crippen molar-refractivity contribution in [2.24, 2.45) is 4.99 Å². The highest BCUT2D eigenvalue weighted by molar-refractivity contribution is 7.11. The lowest BCUT2D eigenvalue weighted by Crippen LogP contribution is -2.48. The summed E-state index contributed by atoms with van der Waals surface area (Å²) in [5, 5.41) is 8.01. The van der Waals surface area contributed by atoms with Gasteiger partial charge in [0.1, 0.15) is 11.5 Å². The van der Waals surface area contributed by atoms with Gasteiger partial charge in [0.25, 0.3) is 0 Å². The predicted octanol–water partition coefficient (Wildman–Crippen LogP) is 2.80. The smallest absolute Gasteiger partial charge is 0.191 e. The summed E-state index contributed by atoms with van der Waals surface area (Å²) in [5.41, 5.74) is 1.14. The van der Waals surface area contributed by atoms with Crippen LogP contribution in [-0.2, 0) is 6.54 Å². The van der Waals surface area contributed by atoms with E-state index in [1.165, 1.54) is 4.88 Å². The van der Waals surface area contributed by atoms with Crippen LogP contribution in [0.3, 0.4) is 0 Å². The maximum Gasteiger partial charge on any atom is 0.191 e. The van der Waals surface area contributed by atoms with E-state index < -0.39 is 0 Å². The second kappa shape index (κ2) is 9.64. The lowest BCUT2D eigenvalue weighted by atomic mass is 10.0. The largest absolute Gasteiger partial charge is 0.497 e. The highest BCUT2D eigenvalue weighted by atomic mass is 32.1. The number of hydrogen-bond donors (Lipinski definition) is 2. The van der Waals surface area contributed by atoms with Gasteiger partial charge in [0, 0.05) is 61.1 Å². The van der Waals surface area contributed by atoms with Crippen LogP contribution in [0, 0.1) is 6.92 Å². The molecule has 1 saturated heterocycles. The number of thiazole rings is 1. The average molecular weight is 404 g/mol. The summed E-state index contributed by atoms with van der Waals surface area (Å²) >= 11 is 1.71. The van der Waals surface area contributed by atoms with Gasteiger partial charge in [-0.1, -0.05) is 0 Å². The number of aliphatic imine (C=N–C) groups is 1. The molecule has 0 aliphatic carbocycles. The molecule has 152 valence electrons. The summed E-state index contributed by atoms with van der Waals surface area (Å²) in [4.78, 5) is 12.2. The van der Waals surface area contributed by atoms with Crippen molar-refractivity contribution in [3.63, 3.8) is 0 Å². The fourth-order valence-electron chi connectivity index (χ4n) is 3.30. The van der Waals surface area contributed by atoms with Gasteiger partial charge in [-0.05, 0) is 19.8 Å². The van der Waals surface area contributed by atoms with E-state index in [2.05, 4.69) is 37.6 Å². The predicted molar refractivity (Wildman–Crippen MR) is 115 cm³/mol. The van der Waals surface area contributed by atoms with Crippen molar-refractivity contribution in [2.45, 2.75) is 32.4 Å². The number of nitrogens with zero attached hydrogens (tertiary/aromatic N) is 3. The van der Waals surface area contributed by atoms with Crippen molar-refractivity contribution in [3.05, 3.63) is 34.3 Å². The number of rotatable bonds is 6. The molecule has 1 fully saturated rings. The van der Waals surface area contributed by atoms with E-state index in [0.29, 0.717) is 6.04 Å². The van der Waals surface area contributed by atoms with Crippen LogP contribution < -0.4 is 25.0 Å². The molecule has 2 heterocycles. The Labute approximate surface area is 170 Å². The Hall–Kier alpha value is -2.48. The number of benzene rings is 1. The number of hydrogen-bond acceptors (Lipinski definition) is 6. The Morgan fingerprint density at radius 2 is 1.89 bits per heavy atom. The van der Waals surface area contributed by atoms with Gasteiger partial charge < -0.3 is 25.0 Å². The van der Waals surface area contributed by atoms with Crippen LogP contribution in [0.15, 0.2) is 29.4 Å². The molecule has 0 bridgehead atoms. The van der Waals surface area contributed by atoms with E-state index in [1.807, 2.05) is 26.2 Å². The van der Waals surface area contributed by atoms with E-state index in [4.69, 9.17) is 9.47 Å². The van der Waals surface area contributed by atoms with Crippen LogP contribution in [0.2, 0.25) is 0 Å². The monoisotopic (exact) mass is 403 g/mol. The van der Waals surface area contributed by atoms with Crippen molar-refractivity contribution in [1.29, 1.82) is 0 Å². The summed E-state index contributed by atoms with van der Waals surface area (Å²) in [6.07, 6.45) is 4.00. The molecule has 2 N–H and O–H groups in total. The minimum Gasteiger partial charge on any atom is -0.497 e. The molecule has 0 radical (unpaired) electrons. The second-order valence-corrected chi connectivity index (χ2v) is 8.07. The first-order chi connectivity index (χ1) is 13.6. The van der Waals surface area contributed by atoms with Crippen LogP contribution in [0.4, 0.5) is 5.69 Å². The lowest BCUT2D eigenvalue weighted by Gasteiger charge is -2.34. The number of nitrogens with one attached hydrogen (secondary N) is 2. The van der Waals surface area contributed by atoms with Crippen LogP contribution in [0.5, 0.6) is 11.5 Å². The molecule has 7 nitrogen and oxygen atoms in total. The molecule has 1 aliphatic rings. The van der Waals surface area contributed by atoms with Crippen LogP contribution in [0.25, 0.3) is 0 Å².